The van der Waals surface area contributed by atoms with Gasteiger partial charge in [-0.05, 0) is 6.42 Å². The minimum absolute atomic E-state index is 0.0164. The highest BCUT2D eigenvalue weighted by atomic mass is 19.4. The predicted molar refractivity (Wildman–Crippen MR) is 63.2 cm³/mol. The van der Waals surface area contributed by atoms with Crippen molar-refractivity contribution in [2.75, 3.05) is 19.8 Å². The molecule has 10 heteroatoms. The van der Waals surface area contributed by atoms with Crippen molar-refractivity contribution in [3.63, 3.8) is 0 Å². The number of carbonyl (C=O) groups is 1. The van der Waals surface area contributed by atoms with Gasteiger partial charge in [0.05, 0.1) is 19.2 Å². The molecule has 2 amide bonds. The van der Waals surface area contributed by atoms with Gasteiger partial charge in [0.2, 0.25) is 5.82 Å². The molecule has 2 aliphatic rings. The van der Waals surface area contributed by atoms with Gasteiger partial charge in [-0.25, -0.2) is 4.79 Å². The van der Waals surface area contributed by atoms with Crippen molar-refractivity contribution in [3.8, 4) is 0 Å². The highest BCUT2D eigenvalue weighted by Gasteiger charge is 2.40. The van der Waals surface area contributed by atoms with Crippen molar-refractivity contribution in [1.29, 1.82) is 0 Å². The third-order valence-electron chi connectivity index (χ3n) is 3.55. The summed E-state index contributed by atoms with van der Waals surface area (Å²) in [6.45, 7) is 1.31. The molecule has 1 unspecified atom stereocenters. The predicted octanol–water partition coefficient (Wildman–Crippen LogP) is 0.611. The average Bonchev–Trinajstić information content (AvgIpc) is 3.05. The van der Waals surface area contributed by atoms with Crippen LogP contribution in [0.2, 0.25) is 0 Å². The summed E-state index contributed by atoms with van der Waals surface area (Å²) in [4.78, 5) is 13.5. The molecule has 0 radical (unpaired) electrons. The molecular formula is C11H14F3N5O2. The number of ether oxygens (including phenoxy) is 1. The first-order valence-corrected chi connectivity index (χ1v) is 6.57. The van der Waals surface area contributed by atoms with E-state index in [1.54, 1.807) is 0 Å². The van der Waals surface area contributed by atoms with Gasteiger partial charge in [0.1, 0.15) is 0 Å². The van der Waals surface area contributed by atoms with Gasteiger partial charge in [0.15, 0.2) is 5.82 Å². The fourth-order valence-corrected chi connectivity index (χ4v) is 2.46. The minimum atomic E-state index is -4.53. The lowest BCUT2D eigenvalue weighted by molar-refractivity contribution is -0.147. The van der Waals surface area contributed by atoms with E-state index in [1.807, 2.05) is 0 Å². The number of halogens is 3. The Hall–Kier alpha value is -1.84. The summed E-state index contributed by atoms with van der Waals surface area (Å²) < 4.78 is 44.3. The molecule has 2 aliphatic heterocycles. The number of aromatic nitrogens is 3. The van der Waals surface area contributed by atoms with Crippen molar-refractivity contribution < 1.29 is 22.7 Å². The molecule has 0 aromatic carbocycles. The third-order valence-corrected chi connectivity index (χ3v) is 3.55. The first-order chi connectivity index (χ1) is 9.95. The number of nitrogens with one attached hydrogen (secondary N) is 1. The Kier molecular flexibility index (Phi) is 3.47. The molecule has 7 nitrogen and oxygen atoms in total. The average molecular weight is 305 g/mol. The lowest BCUT2D eigenvalue weighted by atomic mass is 10.2. The second-order valence-electron chi connectivity index (χ2n) is 5.02. The molecule has 1 fully saturated rings. The molecule has 0 aliphatic carbocycles. The van der Waals surface area contributed by atoms with Gasteiger partial charge >= 0.3 is 12.2 Å². The number of nitrogens with zero attached hydrogens (tertiary/aromatic N) is 4. The van der Waals surface area contributed by atoms with Crippen LogP contribution in [0.4, 0.5) is 18.0 Å². The Morgan fingerprint density at radius 1 is 1.33 bits per heavy atom. The van der Waals surface area contributed by atoms with E-state index in [9.17, 15) is 18.0 Å². The van der Waals surface area contributed by atoms with Crippen LogP contribution < -0.4 is 5.32 Å². The van der Waals surface area contributed by atoms with E-state index in [2.05, 4.69) is 15.5 Å². The summed E-state index contributed by atoms with van der Waals surface area (Å²) in [7, 11) is 0. The van der Waals surface area contributed by atoms with E-state index in [4.69, 9.17) is 4.74 Å². The summed E-state index contributed by atoms with van der Waals surface area (Å²) >= 11 is 0. The normalized spacial score (nSPS) is 22.2. The van der Waals surface area contributed by atoms with Crippen molar-refractivity contribution in [2.24, 2.45) is 0 Å². The number of amides is 2. The maximum Gasteiger partial charge on any atom is 0.451 e. The second kappa shape index (κ2) is 5.17. The summed E-state index contributed by atoms with van der Waals surface area (Å²) in [5.41, 5.74) is 0. The molecule has 21 heavy (non-hydrogen) atoms. The van der Waals surface area contributed by atoms with Crippen LogP contribution in [-0.2, 0) is 24.0 Å². The van der Waals surface area contributed by atoms with Crippen LogP contribution >= 0.6 is 0 Å². The smallest absolute Gasteiger partial charge is 0.379 e. The Balaban J connectivity index is 1.67. The number of hydrogen-bond acceptors (Lipinski definition) is 4. The van der Waals surface area contributed by atoms with Crippen LogP contribution in [0.1, 0.15) is 18.1 Å². The van der Waals surface area contributed by atoms with E-state index >= 15 is 0 Å². The maximum absolute atomic E-state index is 12.7. The highest BCUT2D eigenvalue weighted by Crippen LogP contribution is 2.29. The van der Waals surface area contributed by atoms with Gasteiger partial charge in [0.25, 0.3) is 0 Å². The van der Waals surface area contributed by atoms with Crippen molar-refractivity contribution in [3.05, 3.63) is 11.6 Å². The Morgan fingerprint density at radius 2 is 2.14 bits per heavy atom. The molecule has 1 atom stereocenters. The van der Waals surface area contributed by atoms with Crippen LogP contribution in [0.15, 0.2) is 0 Å². The zero-order chi connectivity index (χ0) is 15.0. The number of fused-ring (bicyclic) bond motifs is 1. The van der Waals surface area contributed by atoms with Crippen LogP contribution in [-0.4, -0.2) is 51.5 Å². The molecule has 1 aromatic heterocycles. The maximum atomic E-state index is 12.7. The van der Waals surface area contributed by atoms with Gasteiger partial charge in [-0.1, -0.05) is 0 Å². The van der Waals surface area contributed by atoms with E-state index < -0.39 is 12.0 Å². The van der Waals surface area contributed by atoms with Gasteiger partial charge in [-0.3, -0.25) is 0 Å². The number of hydrogen-bond donors (Lipinski definition) is 1. The fourth-order valence-electron chi connectivity index (χ4n) is 2.46. The SMILES string of the molecule is O=C(NC1CCOC1)N1CCn2c(nnc2C(F)(F)F)C1. The summed E-state index contributed by atoms with van der Waals surface area (Å²) in [5.74, 6) is -0.867. The highest BCUT2D eigenvalue weighted by molar-refractivity contribution is 5.74. The van der Waals surface area contributed by atoms with Crippen LogP contribution in [0.25, 0.3) is 0 Å². The summed E-state index contributed by atoms with van der Waals surface area (Å²) in [6, 6.07) is -0.351. The Bertz CT molecular complexity index is 538. The lowest BCUT2D eigenvalue weighted by Crippen LogP contribution is -2.48. The number of carbonyl (C=O) groups excluding carboxylic acids is 1. The second-order valence-corrected chi connectivity index (χ2v) is 5.02. The van der Waals surface area contributed by atoms with Crippen molar-refractivity contribution >= 4 is 6.03 Å². The zero-order valence-corrected chi connectivity index (χ0v) is 11.1. The largest absolute Gasteiger partial charge is 0.451 e. The molecule has 1 saturated heterocycles. The molecule has 1 aromatic rings. The molecular weight excluding hydrogens is 291 g/mol. The summed E-state index contributed by atoms with van der Waals surface area (Å²) in [5, 5.41) is 9.51. The molecule has 3 heterocycles. The molecule has 0 bridgehead atoms. The minimum Gasteiger partial charge on any atom is -0.379 e. The Labute approximate surface area is 118 Å². The van der Waals surface area contributed by atoms with Gasteiger partial charge in [-0.15, -0.1) is 10.2 Å². The van der Waals surface area contributed by atoms with Crippen LogP contribution in [0.5, 0.6) is 0 Å². The fraction of sp³-hybridized carbons (Fsp3) is 0.727. The number of urea groups is 1. The van der Waals surface area contributed by atoms with Crippen molar-refractivity contribution in [2.45, 2.75) is 31.7 Å². The summed E-state index contributed by atoms with van der Waals surface area (Å²) in [6.07, 6.45) is -3.79. The van der Waals surface area contributed by atoms with E-state index in [0.29, 0.717) is 13.2 Å². The number of rotatable bonds is 1. The Morgan fingerprint density at radius 3 is 2.81 bits per heavy atom. The van der Waals surface area contributed by atoms with Gasteiger partial charge < -0.3 is 19.5 Å². The number of alkyl halides is 3. The molecule has 3 rings (SSSR count). The van der Waals surface area contributed by atoms with Gasteiger partial charge in [-0.2, -0.15) is 13.2 Å². The van der Waals surface area contributed by atoms with Crippen LogP contribution in [0.3, 0.4) is 0 Å². The first-order valence-electron chi connectivity index (χ1n) is 6.57. The van der Waals surface area contributed by atoms with Crippen LogP contribution in [0, 0.1) is 0 Å². The van der Waals surface area contributed by atoms with Crippen molar-refractivity contribution in [1.82, 2.24) is 25.0 Å². The van der Waals surface area contributed by atoms with Gasteiger partial charge in [0, 0.05) is 19.7 Å². The first kappa shape index (κ1) is 14.1. The molecule has 0 saturated carbocycles. The molecule has 1 N–H and O–H groups in total. The standard InChI is InChI=1S/C11H14F3N5O2/c12-11(13,14)9-17-16-8-5-18(2-3-19(8)9)10(20)15-7-1-4-21-6-7/h7H,1-6H2,(H,15,20). The van der Waals surface area contributed by atoms with E-state index in [1.165, 1.54) is 4.90 Å². The van der Waals surface area contributed by atoms with E-state index in [0.717, 1.165) is 11.0 Å². The van der Waals surface area contributed by atoms with E-state index in [-0.39, 0.29) is 37.5 Å². The lowest BCUT2D eigenvalue weighted by Gasteiger charge is -2.29. The quantitative estimate of drug-likeness (QED) is 0.825. The monoisotopic (exact) mass is 305 g/mol. The molecule has 0 spiro atoms. The zero-order valence-electron chi connectivity index (χ0n) is 11.1. The third kappa shape index (κ3) is 2.80. The molecule has 116 valence electrons. The topological polar surface area (TPSA) is 72.3 Å².